The molecule has 0 unspecified atom stereocenters. The molecule has 1 aromatic carbocycles. The quantitative estimate of drug-likeness (QED) is 0.815. The number of ether oxygens (including phenoxy) is 1. The summed E-state index contributed by atoms with van der Waals surface area (Å²) < 4.78 is 10.8. The number of aromatic nitrogens is 1. The molecule has 0 spiro atoms. The molecule has 1 aromatic heterocycles. The van der Waals surface area contributed by atoms with Gasteiger partial charge in [0.05, 0.1) is 0 Å². The lowest BCUT2D eigenvalue weighted by Crippen LogP contribution is -2.25. The minimum atomic E-state index is -0.304. The highest BCUT2D eigenvalue weighted by Gasteiger charge is 2.13. The summed E-state index contributed by atoms with van der Waals surface area (Å²) in [5, 5.41) is 7.16. The van der Waals surface area contributed by atoms with Crippen LogP contribution in [-0.4, -0.2) is 17.6 Å². The van der Waals surface area contributed by atoms with Crippen molar-refractivity contribution in [3.05, 3.63) is 58.0 Å². The Morgan fingerprint density at radius 2 is 2.00 bits per heavy atom. The normalized spacial score (nSPS) is 10.4. The molecule has 0 aliphatic carbocycles. The van der Waals surface area contributed by atoms with E-state index in [1.165, 1.54) is 0 Å². The van der Waals surface area contributed by atoms with Gasteiger partial charge in [-0.3, -0.25) is 4.79 Å². The largest absolute Gasteiger partial charge is 0.486 e. The van der Waals surface area contributed by atoms with Crippen LogP contribution in [0, 0.1) is 13.8 Å². The molecule has 5 nitrogen and oxygen atoms in total. The lowest BCUT2D eigenvalue weighted by molar-refractivity contribution is 0.0947. The molecule has 0 bridgehead atoms. The van der Waals surface area contributed by atoms with E-state index in [-0.39, 0.29) is 18.2 Å². The predicted octanol–water partition coefficient (Wildman–Crippen LogP) is 3.83. The SMILES string of the molecule is C=C(C)CNC(=O)c1cc(COc2cc(C)c(Cl)c(C)c2)on1. The topological polar surface area (TPSA) is 64.4 Å². The van der Waals surface area contributed by atoms with Crippen molar-refractivity contribution >= 4 is 17.5 Å². The summed E-state index contributed by atoms with van der Waals surface area (Å²) in [6, 6.07) is 5.27. The molecular formula is C17H19ClN2O3. The molecule has 0 aliphatic heterocycles. The molecule has 1 heterocycles. The molecule has 0 aliphatic rings. The van der Waals surface area contributed by atoms with Gasteiger partial charge in [-0.2, -0.15) is 0 Å². The number of nitrogens with zero attached hydrogens (tertiary/aromatic N) is 1. The molecule has 0 saturated carbocycles. The fourth-order valence-electron chi connectivity index (χ4n) is 1.95. The van der Waals surface area contributed by atoms with E-state index in [1.54, 1.807) is 6.07 Å². The summed E-state index contributed by atoms with van der Waals surface area (Å²) in [7, 11) is 0. The third-order valence-corrected chi connectivity index (χ3v) is 3.73. The van der Waals surface area contributed by atoms with Gasteiger partial charge in [-0.05, 0) is 44.0 Å². The van der Waals surface area contributed by atoms with E-state index in [9.17, 15) is 4.79 Å². The number of carbonyl (C=O) groups is 1. The van der Waals surface area contributed by atoms with Crippen molar-refractivity contribution in [2.45, 2.75) is 27.4 Å². The molecule has 1 amide bonds. The lowest BCUT2D eigenvalue weighted by Gasteiger charge is -2.08. The van der Waals surface area contributed by atoms with Crippen molar-refractivity contribution in [1.82, 2.24) is 10.5 Å². The number of hydrogen-bond donors (Lipinski definition) is 1. The molecule has 1 N–H and O–H groups in total. The van der Waals surface area contributed by atoms with Crippen LogP contribution in [0.3, 0.4) is 0 Å². The van der Waals surface area contributed by atoms with Crippen molar-refractivity contribution in [1.29, 1.82) is 0 Å². The molecule has 0 fully saturated rings. The molecule has 0 atom stereocenters. The van der Waals surface area contributed by atoms with E-state index in [0.717, 1.165) is 21.7 Å². The van der Waals surface area contributed by atoms with Gasteiger partial charge in [0, 0.05) is 17.6 Å². The maximum Gasteiger partial charge on any atom is 0.273 e. The van der Waals surface area contributed by atoms with Crippen molar-refractivity contribution < 1.29 is 14.1 Å². The van der Waals surface area contributed by atoms with Gasteiger partial charge in [0.1, 0.15) is 12.4 Å². The molecular weight excluding hydrogens is 316 g/mol. The van der Waals surface area contributed by atoms with Crippen molar-refractivity contribution in [3.63, 3.8) is 0 Å². The summed E-state index contributed by atoms with van der Waals surface area (Å²) >= 11 is 6.12. The third-order valence-electron chi connectivity index (χ3n) is 3.13. The summed E-state index contributed by atoms with van der Waals surface area (Å²) in [6.07, 6.45) is 0. The Morgan fingerprint density at radius 3 is 2.61 bits per heavy atom. The highest BCUT2D eigenvalue weighted by Crippen LogP contribution is 2.26. The number of halogens is 1. The molecule has 2 rings (SSSR count). The van der Waals surface area contributed by atoms with Crippen LogP contribution in [0.4, 0.5) is 0 Å². The zero-order chi connectivity index (χ0) is 17.0. The standard InChI is InChI=1S/C17H19ClN2O3/c1-10(2)8-19-17(21)15-7-14(23-20-15)9-22-13-5-11(3)16(18)12(4)6-13/h5-7H,1,8-9H2,2-4H3,(H,19,21). The smallest absolute Gasteiger partial charge is 0.273 e. The third kappa shape index (κ3) is 4.60. The second-order valence-corrected chi connectivity index (χ2v) is 5.86. The fourth-order valence-corrected chi connectivity index (χ4v) is 2.06. The van der Waals surface area contributed by atoms with Crippen molar-refractivity contribution in [2.75, 3.05) is 6.54 Å². The first-order valence-corrected chi connectivity index (χ1v) is 7.52. The maximum absolute atomic E-state index is 11.8. The van der Waals surface area contributed by atoms with E-state index in [0.29, 0.717) is 18.1 Å². The average molecular weight is 335 g/mol. The van der Waals surface area contributed by atoms with Crippen LogP contribution in [0.15, 0.2) is 34.9 Å². The number of hydrogen-bond acceptors (Lipinski definition) is 4. The monoisotopic (exact) mass is 334 g/mol. The first-order chi connectivity index (χ1) is 10.9. The van der Waals surface area contributed by atoms with Crippen LogP contribution in [0.1, 0.15) is 34.3 Å². The van der Waals surface area contributed by atoms with Gasteiger partial charge in [-0.1, -0.05) is 28.9 Å². The number of benzene rings is 1. The number of carbonyl (C=O) groups excluding carboxylic acids is 1. The minimum absolute atomic E-state index is 0.182. The number of aryl methyl sites for hydroxylation is 2. The molecule has 0 saturated heterocycles. The summed E-state index contributed by atoms with van der Waals surface area (Å²) in [4.78, 5) is 11.8. The van der Waals surface area contributed by atoms with Gasteiger partial charge in [0.15, 0.2) is 11.5 Å². The Kier molecular flexibility index (Phi) is 5.45. The summed E-state index contributed by atoms with van der Waals surface area (Å²) in [5.41, 5.74) is 2.96. The van der Waals surface area contributed by atoms with Crippen molar-refractivity contribution in [3.8, 4) is 5.75 Å². The Hall–Kier alpha value is -2.27. The van der Waals surface area contributed by atoms with Gasteiger partial charge >= 0.3 is 0 Å². The Balaban J connectivity index is 1.97. The zero-order valence-corrected chi connectivity index (χ0v) is 14.2. The zero-order valence-electron chi connectivity index (χ0n) is 13.4. The summed E-state index contributed by atoms with van der Waals surface area (Å²) in [5.74, 6) is 0.853. The van der Waals surface area contributed by atoms with Crippen LogP contribution in [0.2, 0.25) is 5.02 Å². The number of rotatable bonds is 6. The first-order valence-electron chi connectivity index (χ1n) is 7.14. The van der Waals surface area contributed by atoms with E-state index < -0.39 is 0 Å². The highest BCUT2D eigenvalue weighted by molar-refractivity contribution is 6.32. The van der Waals surface area contributed by atoms with Gasteiger partial charge < -0.3 is 14.6 Å². The molecule has 6 heteroatoms. The fraction of sp³-hybridized carbons (Fsp3) is 0.294. The summed E-state index contributed by atoms with van der Waals surface area (Å²) in [6.45, 7) is 9.97. The lowest BCUT2D eigenvalue weighted by atomic mass is 10.1. The van der Waals surface area contributed by atoms with Gasteiger partial charge in [-0.25, -0.2) is 0 Å². The van der Waals surface area contributed by atoms with E-state index in [1.807, 2.05) is 32.9 Å². The minimum Gasteiger partial charge on any atom is -0.486 e. The van der Waals surface area contributed by atoms with Crippen LogP contribution < -0.4 is 10.1 Å². The first kappa shape index (κ1) is 17.1. The molecule has 0 radical (unpaired) electrons. The number of amides is 1. The molecule has 2 aromatic rings. The highest BCUT2D eigenvalue weighted by atomic mass is 35.5. The number of nitrogens with one attached hydrogen (secondary N) is 1. The maximum atomic E-state index is 11.8. The van der Waals surface area contributed by atoms with Crippen LogP contribution >= 0.6 is 11.6 Å². The Bertz CT molecular complexity index is 714. The van der Waals surface area contributed by atoms with Crippen molar-refractivity contribution in [2.24, 2.45) is 0 Å². The van der Waals surface area contributed by atoms with E-state index in [4.69, 9.17) is 20.9 Å². The van der Waals surface area contributed by atoms with Gasteiger partial charge in [0.25, 0.3) is 5.91 Å². The van der Waals surface area contributed by atoms with Gasteiger partial charge in [0.2, 0.25) is 0 Å². The van der Waals surface area contributed by atoms with Crippen LogP contribution in [0.5, 0.6) is 5.75 Å². The van der Waals surface area contributed by atoms with Crippen LogP contribution in [0.25, 0.3) is 0 Å². The molecule has 122 valence electrons. The average Bonchev–Trinajstić information content (AvgIpc) is 2.97. The second kappa shape index (κ2) is 7.33. The van der Waals surface area contributed by atoms with E-state index >= 15 is 0 Å². The second-order valence-electron chi connectivity index (χ2n) is 5.48. The Morgan fingerprint density at radius 1 is 1.35 bits per heavy atom. The predicted molar refractivity (Wildman–Crippen MR) is 88.9 cm³/mol. The van der Waals surface area contributed by atoms with E-state index in [2.05, 4.69) is 17.1 Å². The Labute approximate surface area is 140 Å². The molecule has 23 heavy (non-hydrogen) atoms. The van der Waals surface area contributed by atoms with Crippen LogP contribution in [-0.2, 0) is 6.61 Å². The van der Waals surface area contributed by atoms with Gasteiger partial charge in [-0.15, -0.1) is 0 Å².